The summed E-state index contributed by atoms with van der Waals surface area (Å²) in [5, 5.41) is 0. The van der Waals surface area contributed by atoms with Gasteiger partial charge in [-0.2, -0.15) is 0 Å². The molecule has 1 rings (SSSR count). The molecule has 21 heavy (non-hydrogen) atoms. The number of rotatable bonds is 5. The summed E-state index contributed by atoms with van der Waals surface area (Å²) in [6.07, 6.45) is 0. The van der Waals surface area contributed by atoms with Crippen molar-refractivity contribution in [2.24, 2.45) is 5.92 Å². The number of halogens is 3. The van der Waals surface area contributed by atoms with Crippen molar-refractivity contribution in [3.05, 3.63) is 28.0 Å². The lowest BCUT2D eigenvalue weighted by atomic mass is 10.1. The fraction of sp³-hybridized carbons (Fsp3) is 0.462. The topological polar surface area (TPSA) is 54.5 Å². The predicted octanol–water partition coefficient (Wildman–Crippen LogP) is 3.63. The van der Waals surface area contributed by atoms with Gasteiger partial charge in [0.15, 0.2) is 0 Å². The molecule has 1 aromatic carbocycles. The second-order valence-electron chi connectivity index (χ2n) is 4.95. The van der Waals surface area contributed by atoms with Crippen LogP contribution < -0.4 is 0 Å². The van der Waals surface area contributed by atoms with E-state index >= 15 is 0 Å². The highest BCUT2D eigenvalue weighted by molar-refractivity contribution is 9.10. The Morgan fingerprint density at radius 2 is 2.00 bits per heavy atom. The van der Waals surface area contributed by atoms with Crippen molar-refractivity contribution in [2.75, 3.05) is 13.1 Å². The van der Waals surface area contributed by atoms with Crippen LogP contribution in [0.1, 0.15) is 31.1 Å². The van der Waals surface area contributed by atoms with E-state index in [4.69, 9.17) is 10.7 Å². The first kappa shape index (κ1) is 18.4. The van der Waals surface area contributed by atoms with Crippen LogP contribution in [0.25, 0.3) is 0 Å². The first-order valence-corrected chi connectivity index (χ1v) is 9.41. The lowest BCUT2D eigenvalue weighted by Crippen LogP contribution is -2.34. The van der Waals surface area contributed by atoms with E-state index in [1.54, 1.807) is 6.92 Å². The Hall–Kier alpha value is -0.660. The summed E-state index contributed by atoms with van der Waals surface area (Å²) in [5.74, 6) is -1.04. The maximum atomic E-state index is 13.8. The van der Waals surface area contributed by atoms with Crippen molar-refractivity contribution in [1.82, 2.24) is 4.90 Å². The highest BCUT2D eigenvalue weighted by atomic mass is 79.9. The van der Waals surface area contributed by atoms with Gasteiger partial charge in [-0.05, 0) is 40.9 Å². The molecule has 8 heteroatoms. The van der Waals surface area contributed by atoms with Gasteiger partial charge in [0.1, 0.15) is 10.7 Å². The van der Waals surface area contributed by atoms with Crippen molar-refractivity contribution in [1.29, 1.82) is 0 Å². The second-order valence-corrected chi connectivity index (χ2v) is 8.27. The van der Waals surface area contributed by atoms with Crippen LogP contribution in [0.5, 0.6) is 0 Å². The number of benzene rings is 1. The van der Waals surface area contributed by atoms with Crippen LogP contribution in [-0.4, -0.2) is 32.3 Å². The van der Waals surface area contributed by atoms with Gasteiger partial charge in [-0.25, -0.2) is 12.8 Å². The molecule has 1 aromatic rings. The smallest absolute Gasteiger partial charge is 0.262 e. The molecule has 0 heterocycles. The maximum Gasteiger partial charge on any atom is 0.262 e. The first-order chi connectivity index (χ1) is 9.57. The lowest BCUT2D eigenvalue weighted by Gasteiger charge is -2.23. The summed E-state index contributed by atoms with van der Waals surface area (Å²) in [7, 11) is 1.11. The molecule has 4 nitrogen and oxygen atoms in total. The molecular formula is C13H16BrClFNO3S. The van der Waals surface area contributed by atoms with Crippen molar-refractivity contribution in [3.63, 3.8) is 0 Å². The Morgan fingerprint density at radius 3 is 2.43 bits per heavy atom. The number of hydrogen-bond acceptors (Lipinski definition) is 3. The van der Waals surface area contributed by atoms with E-state index in [9.17, 15) is 17.6 Å². The standard InChI is InChI=1S/C13H16BrClFNO3S/c1-4-17(7-8(2)3)13(18)9-5-10(16)12(14)11(6-9)21(15,19)20/h5-6,8H,4,7H2,1-3H3. The van der Waals surface area contributed by atoms with Gasteiger partial charge in [-0.15, -0.1) is 0 Å². The third kappa shape index (κ3) is 4.66. The van der Waals surface area contributed by atoms with Crippen LogP contribution in [0.4, 0.5) is 4.39 Å². The van der Waals surface area contributed by atoms with E-state index in [1.807, 2.05) is 13.8 Å². The molecule has 0 saturated heterocycles. The largest absolute Gasteiger partial charge is 0.339 e. The van der Waals surface area contributed by atoms with Crippen molar-refractivity contribution >= 4 is 41.6 Å². The number of carbonyl (C=O) groups excluding carboxylic acids is 1. The quantitative estimate of drug-likeness (QED) is 0.709. The van der Waals surface area contributed by atoms with Gasteiger partial charge in [-0.3, -0.25) is 4.79 Å². The summed E-state index contributed by atoms with van der Waals surface area (Å²) in [5.41, 5.74) is -0.0441. The Bertz CT molecular complexity index is 649. The normalized spacial score (nSPS) is 11.8. The Morgan fingerprint density at radius 1 is 1.43 bits per heavy atom. The third-order valence-corrected chi connectivity index (χ3v) is 5.17. The molecule has 0 saturated carbocycles. The maximum absolute atomic E-state index is 13.8. The minimum atomic E-state index is -4.15. The van der Waals surface area contributed by atoms with Crippen LogP contribution in [-0.2, 0) is 9.05 Å². The van der Waals surface area contributed by atoms with E-state index in [0.29, 0.717) is 13.1 Å². The molecule has 0 aromatic heterocycles. The molecule has 0 radical (unpaired) electrons. The van der Waals surface area contributed by atoms with E-state index in [1.165, 1.54) is 4.90 Å². The zero-order chi connectivity index (χ0) is 16.4. The molecule has 0 bridgehead atoms. The van der Waals surface area contributed by atoms with Crippen LogP contribution >= 0.6 is 26.6 Å². The van der Waals surface area contributed by atoms with E-state index in [-0.39, 0.29) is 16.0 Å². The second kappa shape index (κ2) is 7.07. The molecule has 118 valence electrons. The SMILES string of the molecule is CCN(CC(C)C)C(=O)c1cc(F)c(Br)c(S(=O)(=O)Cl)c1. The molecular weight excluding hydrogens is 385 g/mol. The Kier molecular flexibility index (Phi) is 6.19. The van der Waals surface area contributed by atoms with E-state index in [2.05, 4.69) is 15.9 Å². The monoisotopic (exact) mass is 399 g/mol. The van der Waals surface area contributed by atoms with E-state index in [0.717, 1.165) is 12.1 Å². The number of hydrogen-bond donors (Lipinski definition) is 0. The van der Waals surface area contributed by atoms with E-state index < -0.39 is 25.7 Å². The predicted molar refractivity (Wildman–Crippen MR) is 83.6 cm³/mol. The fourth-order valence-electron chi connectivity index (χ4n) is 1.84. The Labute approximate surface area is 136 Å². The highest BCUT2D eigenvalue weighted by Crippen LogP contribution is 2.29. The third-order valence-electron chi connectivity index (χ3n) is 2.76. The zero-order valence-corrected chi connectivity index (χ0v) is 15.0. The van der Waals surface area contributed by atoms with Gasteiger partial charge in [-0.1, -0.05) is 13.8 Å². The van der Waals surface area contributed by atoms with Gasteiger partial charge >= 0.3 is 0 Å². The van der Waals surface area contributed by atoms with Gasteiger partial charge in [0, 0.05) is 29.3 Å². The number of amides is 1. The Balaban J connectivity index is 3.31. The summed E-state index contributed by atoms with van der Waals surface area (Å²) >= 11 is 2.83. The van der Waals surface area contributed by atoms with Crippen LogP contribution in [0.15, 0.2) is 21.5 Å². The van der Waals surface area contributed by atoms with Crippen LogP contribution in [0.3, 0.4) is 0 Å². The molecule has 0 N–H and O–H groups in total. The van der Waals surface area contributed by atoms with Crippen molar-refractivity contribution in [2.45, 2.75) is 25.7 Å². The van der Waals surface area contributed by atoms with Crippen LogP contribution in [0, 0.1) is 11.7 Å². The number of carbonyl (C=O) groups is 1. The lowest BCUT2D eigenvalue weighted by molar-refractivity contribution is 0.0745. The molecule has 1 amide bonds. The molecule has 0 aliphatic heterocycles. The van der Waals surface area contributed by atoms with Crippen molar-refractivity contribution in [3.8, 4) is 0 Å². The molecule has 0 aliphatic carbocycles. The summed E-state index contributed by atoms with van der Waals surface area (Å²) < 4.78 is 36.4. The summed E-state index contributed by atoms with van der Waals surface area (Å²) in [6.45, 7) is 6.64. The molecule has 0 unspecified atom stereocenters. The van der Waals surface area contributed by atoms with Gasteiger partial charge in [0.2, 0.25) is 0 Å². The van der Waals surface area contributed by atoms with Gasteiger partial charge in [0.25, 0.3) is 15.0 Å². The molecule has 0 atom stereocenters. The average molecular weight is 401 g/mol. The number of nitrogens with zero attached hydrogens (tertiary/aromatic N) is 1. The minimum Gasteiger partial charge on any atom is -0.339 e. The zero-order valence-electron chi connectivity index (χ0n) is 11.9. The average Bonchev–Trinajstić information content (AvgIpc) is 2.36. The van der Waals surface area contributed by atoms with Gasteiger partial charge in [0.05, 0.1) is 4.47 Å². The first-order valence-electron chi connectivity index (χ1n) is 6.30. The van der Waals surface area contributed by atoms with Crippen molar-refractivity contribution < 1.29 is 17.6 Å². The molecule has 0 aliphatic rings. The molecule has 0 spiro atoms. The summed E-state index contributed by atoms with van der Waals surface area (Å²) in [6, 6.07) is 2.09. The van der Waals surface area contributed by atoms with Gasteiger partial charge < -0.3 is 4.90 Å². The highest BCUT2D eigenvalue weighted by Gasteiger charge is 2.23. The van der Waals surface area contributed by atoms with Crippen LogP contribution in [0.2, 0.25) is 0 Å². The fourth-order valence-corrected chi connectivity index (χ4v) is 3.94. The molecule has 0 fully saturated rings. The summed E-state index contributed by atoms with van der Waals surface area (Å²) in [4.78, 5) is 13.4. The minimum absolute atomic E-state index is 0.0441.